The molecule has 0 fully saturated rings. The molecule has 0 aliphatic carbocycles. The molecule has 2 rings (SSSR count). The van der Waals surface area contributed by atoms with E-state index in [4.69, 9.17) is 4.74 Å². The molecule has 102 valence electrons. The van der Waals surface area contributed by atoms with Crippen molar-refractivity contribution in [2.45, 2.75) is 19.9 Å². The summed E-state index contributed by atoms with van der Waals surface area (Å²) in [4.78, 5) is 1.29. The second-order valence-corrected chi connectivity index (χ2v) is 5.41. The maximum atomic E-state index is 13.7. The zero-order valence-electron chi connectivity index (χ0n) is 11.2. The van der Waals surface area contributed by atoms with Crippen molar-refractivity contribution in [3.63, 3.8) is 0 Å². The van der Waals surface area contributed by atoms with Gasteiger partial charge in [0.1, 0.15) is 6.61 Å². The van der Waals surface area contributed by atoms with Crippen LogP contribution in [-0.2, 0) is 0 Å². The molecule has 2 nitrogen and oxygen atoms in total. The normalized spacial score (nSPS) is 12.4. The van der Waals surface area contributed by atoms with Gasteiger partial charge >= 0.3 is 0 Å². The Labute approximate surface area is 117 Å². The Bertz CT molecular complexity index is 513. The number of hydrogen-bond donors (Lipinski definition) is 1. The summed E-state index contributed by atoms with van der Waals surface area (Å²) < 4.78 is 19.1. The maximum absolute atomic E-state index is 13.7. The number of hydrogen-bond acceptors (Lipinski definition) is 3. The number of rotatable bonds is 6. The van der Waals surface area contributed by atoms with Gasteiger partial charge in [0, 0.05) is 17.5 Å². The van der Waals surface area contributed by atoms with Crippen molar-refractivity contribution in [1.82, 2.24) is 5.32 Å². The number of thiophene rings is 1. The van der Waals surface area contributed by atoms with Crippen molar-refractivity contribution in [2.24, 2.45) is 0 Å². The van der Waals surface area contributed by atoms with Crippen LogP contribution in [0.15, 0.2) is 35.7 Å². The summed E-state index contributed by atoms with van der Waals surface area (Å²) in [6.07, 6.45) is 0. The van der Waals surface area contributed by atoms with Crippen LogP contribution in [0.4, 0.5) is 4.39 Å². The molecule has 1 aromatic carbocycles. The molecule has 1 heterocycles. The molecule has 0 spiro atoms. The number of aryl methyl sites for hydroxylation is 1. The van der Waals surface area contributed by atoms with Crippen molar-refractivity contribution >= 4 is 11.3 Å². The largest absolute Gasteiger partial charge is 0.489 e. The molecular weight excluding hydrogens is 261 g/mol. The third-order valence-corrected chi connectivity index (χ3v) is 3.99. The minimum Gasteiger partial charge on any atom is -0.489 e. The molecule has 2 aromatic rings. The number of ether oxygens (including phenoxy) is 1. The Morgan fingerprint density at radius 2 is 2.16 bits per heavy atom. The van der Waals surface area contributed by atoms with E-state index in [1.807, 2.05) is 6.07 Å². The maximum Gasteiger partial charge on any atom is 0.167 e. The smallest absolute Gasteiger partial charge is 0.167 e. The first-order valence-corrected chi connectivity index (χ1v) is 7.21. The van der Waals surface area contributed by atoms with Crippen LogP contribution in [0.3, 0.4) is 0 Å². The summed E-state index contributed by atoms with van der Waals surface area (Å²) in [6, 6.07) is 9.63. The van der Waals surface area contributed by atoms with E-state index < -0.39 is 0 Å². The summed E-state index contributed by atoms with van der Waals surface area (Å²) in [5.74, 6) is 0.0550. The number of halogens is 1. The molecule has 1 atom stereocenters. The van der Waals surface area contributed by atoms with Crippen LogP contribution < -0.4 is 10.1 Å². The van der Waals surface area contributed by atoms with Crippen molar-refractivity contribution in [2.75, 3.05) is 13.2 Å². The van der Waals surface area contributed by atoms with Gasteiger partial charge in [0.2, 0.25) is 0 Å². The van der Waals surface area contributed by atoms with Crippen molar-refractivity contribution in [3.8, 4) is 5.75 Å². The standard InChI is InChI=1S/C15H18FNOS/c1-11-5-3-6-13(15(11)16)18-9-8-17-12(2)14-7-4-10-19-14/h3-7,10,12,17H,8-9H2,1-2H3. The Kier molecular flexibility index (Phi) is 4.93. The quantitative estimate of drug-likeness (QED) is 0.809. The monoisotopic (exact) mass is 279 g/mol. The predicted octanol–water partition coefficient (Wildman–Crippen LogP) is 3.93. The van der Waals surface area contributed by atoms with Gasteiger partial charge in [-0.25, -0.2) is 4.39 Å². The fourth-order valence-corrected chi connectivity index (χ4v) is 2.57. The van der Waals surface area contributed by atoms with Crippen molar-refractivity contribution in [3.05, 3.63) is 52.0 Å². The van der Waals surface area contributed by atoms with Gasteiger partial charge in [0.05, 0.1) is 0 Å². The van der Waals surface area contributed by atoms with Crippen molar-refractivity contribution in [1.29, 1.82) is 0 Å². The van der Waals surface area contributed by atoms with Crippen LogP contribution in [0.1, 0.15) is 23.4 Å². The Morgan fingerprint density at radius 3 is 2.89 bits per heavy atom. The molecule has 0 radical (unpaired) electrons. The SMILES string of the molecule is Cc1cccc(OCCNC(C)c2cccs2)c1F. The molecule has 0 saturated heterocycles. The van der Waals surface area contributed by atoms with E-state index in [0.717, 1.165) is 0 Å². The van der Waals surface area contributed by atoms with Gasteiger partial charge in [-0.15, -0.1) is 11.3 Å². The molecule has 0 aliphatic rings. The lowest BCUT2D eigenvalue weighted by molar-refractivity contribution is 0.293. The highest BCUT2D eigenvalue weighted by Gasteiger charge is 2.07. The highest BCUT2D eigenvalue weighted by atomic mass is 32.1. The summed E-state index contributed by atoms with van der Waals surface area (Å²) in [7, 11) is 0. The zero-order valence-corrected chi connectivity index (χ0v) is 12.0. The van der Waals surface area contributed by atoms with Crippen LogP contribution in [-0.4, -0.2) is 13.2 Å². The number of nitrogens with one attached hydrogen (secondary N) is 1. The molecular formula is C15H18FNOS. The highest BCUT2D eigenvalue weighted by molar-refractivity contribution is 7.10. The topological polar surface area (TPSA) is 21.3 Å². The Morgan fingerprint density at radius 1 is 1.32 bits per heavy atom. The lowest BCUT2D eigenvalue weighted by Gasteiger charge is -2.13. The van der Waals surface area contributed by atoms with E-state index in [2.05, 4.69) is 23.7 Å². The molecule has 0 amide bonds. The fourth-order valence-electron chi connectivity index (χ4n) is 1.81. The average molecular weight is 279 g/mol. The molecule has 19 heavy (non-hydrogen) atoms. The van der Waals surface area contributed by atoms with E-state index in [-0.39, 0.29) is 5.82 Å². The van der Waals surface area contributed by atoms with Gasteiger partial charge < -0.3 is 10.1 Å². The van der Waals surface area contributed by atoms with E-state index in [9.17, 15) is 4.39 Å². The van der Waals surface area contributed by atoms with Gasteiger partial charge in [-0.1, -0.05) is 18.2 Å². The van der Waals surface area contributed by atoms with Crippen LogP contribution in [0.25, 0.3) is 0 Å². The lowest BCUT2D eigenvalue weighted by atomic mass is 10.2. The van der Waals surface area contributed by atoms with Gasteiger partial charge in [0.15, 0.2) is 11.6 Å². The zero-order chi connectivity index (χ0) is 13.7. The highest BCUT2D eigenvalue weighted by Crippen LogP contribution is 2.20. The van der Waals surface area contributed by atoms with E-state index in [0.29, 0.717) is 30.5 Å². The van der Waals surface area contributed by atoms with E-state index >= 15 is 0 Å². The first-order valence-electron chi connectivity index (χ1n) is 6.33. The van der Waals surface area contributed by atoms with Gasteiger partial charge in [-0.2, -0.15) is 0 Å². The lowest BCUT2D eigenvalue weighted by Crippen LogP contribution is -2.23. The van der Waals surface area contributed by atoms with Crippen LogP contribution in [0, 0.1) is 12.7 Å². The molecule has 1 unspecified atom stereocenters. The second-order valence-electron chi connectivity index (χ2n) is 4.43. The Balaban J connectivity index is 1.76. The predicted molar refractivity (Wildman–Crippen MR) is 77.4 cm³/mol. The summed E-state index contributed by atoms with van der Waals surface area (Å²) >= 11 is 1.73. The van der Waals surface area contributed by atoms with E-state index in [1.54, 1.807) is 36.5 Å². The average Bonchev–Trinajstić information content (AvgIpc) is 2.93. The van der Waals surface area contributed by atoms with Gasteiger partial charge in [-0.05, 0) is 36.9 Å². The minimum absolute atomic E-state index is 0.270. The third-order valence-electron chi connectivity index (χ3n) is 2.94. The third kappa shape index (κ3) is 3.78. The molecule has 4 heteroatoms. The summed E-state index contributed by atoms with van der Waals surface area (Å²) in [5, 5.41) is 5.41. The molecule has 1 N–H and O–H groups in total. The second kappa shape index (κ2) is 6.68. The van der Waals surface area contributed by atoms with Gasteiger partial charge in [0.25, 0.3) is 0 Å². The molecule has 0 aliphatic heterocycles. The van der Waals surface area contributed by atoms with Crippen molar-refractivity contribution < 1.29 is 9.13 Å². The molecule has 0 saturated carbocycles. The molecule has 0 bridgehead atoms. The summed E-state index contributed by atoms with van der Waals surface area (Å²) in [5.41, 5.74) is 0.609. The van der Waals surface area contributed by atoms with Crippen LogP contribution in [0.2, 0.25) is 0 Å². The van der Waals surface area contributed by atoms with Crippen LogP contribution in [0.5, 0.6) is 5.75 Å². The minimum atomic E-state index is -0.270. The van der Waals surface area contributed by atoms with E-state index in [1.165, 1.54) is 4.88 Å². The fraction of sp³-hybridized carbons (Fsp3) is 0.333. The first kappa shape index (κ1) is 14.0. The number of benzene rings is 1. The van der Waals surface area contributed by atoms with Gasteiger partial charge in [-0.3, -0.25) is 0 Å². The van der Waals surface area contributed by atoms with Crippen LogP contribution >= 0.6 is 11.3 Å². The summed E-state index contributed by atoms with van der Waals surface area (Å²) in [6.45, 7) is 4.99. The Hall–Kier alpha value is -1.39. The first-order chi connectivity index (χ1) is 9.18. The molecule has 1 aromatic heterocycles.